The van der Waals surface area contributed by atoms with E-state index in [2.05, 4.69) is 0 Å². The van der Waals surface area contributed by atoms with Crippen LogP contribution in [0.4, 0.5) is 0 Å². The Morgan fingerprint density at radius 1 is 0.533 bits per heavy atom. The van der Waals surface area contributed by atoms with Crippen molar-refractivity contribution in [3.8, 4) is 0 Å². The lowest BCUT2D eigenvalue weighted by molar-refractivity contribution is 0.132. The first-order chi connectivity index (χ1) is 6.80. The standard InChI is InChI=1S/C4H12O3Si.C4H12O2Si/c1-5-8(4,6-2)7-3;1-5-7(3,4)6-2/h1-4H3;1-4H3. The number of hydrogen-bond donors (Lipinski definition) is 0. The molecule has 0 aliphatic carbocycles. The normalized spacial score (nSPS) is 12.0. The largest absolute Gasteiger partial charge is 0.496 e. The summed E-state index contributed by atoms with van der Waals surface area (Å²) in [4.78, 5) is 0. The monoisotopic (exact) mass is 256 g/mol. The summed E-state index contributed by atoms with van der Waals surface area (Å²) in [6.45, 7) is 5.81. The molecule has 0 unspecified atom stereocenters. The molecular formula is C8H24O5Si2. The van der Waals surface area contributed by atoms with Crippen LogP contribution in [0.1, 0.15) is 0 Å². The summed E-state index contributed by atoms with van der Waals surface area (Å²) in [6.07, 6.45) is 0. The Morgan fingerprint density at radius 2 is 0.800 bits per heavy atom. The minimum absolute atomic E-state index is 1.58. The molecule has 0 fully saturated rings. The van der Waals surface area contributed by atoms with Gasteiger partial charge in [0.2, 0.25) is 0 Å². The van der Waals surface area contributed by atoms with Crippen LogP contribution < -0.4 is 0 Å². The van der Waals surface area contributed by atoms with Gasteiger partial charge in [0.05, 0.1) is 0 Å². The molecule has 0 heterocycles. The molecule has 0 rings (SSSR count). The fraction of sp³-hybridized carbons (Fsp3) is 1.00. The molecule has 0 saturated carbocycles. The number of hydrogen-bond acceptors (Lipinski definition) is 5. The molecule has 0 aromatic rings. The summed E-state index contributed by atoms with van der Waals surface area (Å²) in [6, 6.07) is 0. The molecule has 0 atom stereocenters. The van der Waals surface area contributed by atoms with E-state index in [0.29, 0.717) is 0 Å². The third-order valence-corrected chi connectivity index (χ3v) is 6.29. The lowest BCUT2D eigenvalue weighted by atomic mass is 11.8. The van der Waals surface area contributed by atoms with Crippen LogP contribution in [-0.4, -0.2) is 52.9 Å². The SMILES string of the molecule is CO[Si](C)(C)OC.CO[Si](C)(OC)OC. The summed E-state index contributed by atoms with van der Waals surface area (Å²) in [5, 5.41) is 0. The van der Waals surface area contributed by atoms with Crippen LogP contribution in [0.15, 0.2) is 0 Å². The molecule has 0 aromatic heterocycles. The highest BCUT2D eigenvalue weighted by Crippen LogP contribution is 2.02. The third kappa shape index (κ3) is 9.18. The van der Waals surface area contributed by atoms with Crippen molar-refractivity contribution in [3.63, 3.8) is 0 Å². The van der Waals surface area contributed by atoms with E-state index in [0.717, 1.165) is 0 Å². The van der Waals surface area contributed by atoms with E-state index in [1.54, 1.807) is 35.5 Å². The zero-order valence-electron chi connectivity index (χ0n) is 11.0. The Labute approximate surface area is 95.2 Å². The van der Waals surface area contributed by atoms with Crippen LogP contribution in [0.2, 0.25) is 19.6 Å². The summed E-state index contributed by atoms with van der Waals surface area (Å²) in [5.74, 6) is 0. The van der Waals surface area contributed by atoms with Crippen molar-refractivity contribution in [3.05, 3.63) is 0 Å². The summed E-state index contributed by atoms with van der Waals surface area (Å²) in [7, 11) is 4.28. The van der Waals surface area contributed by atoms with Crippen molar-refractivity contribution in [1.29, 1.82) is 0 Å². The van der Waals surface area contributed by atoms with E-state index in [-0.39, 0.29) is 0 Å². The summed E-state index contributed by atoms with van der Waals surface area (Å²) < 4.78 is 24.8. The second kappa shape index (κ2) is 8.39. The average Bonchev–Trinajstić information content (AvgIpc) is 2.29. The van der Waals surface area contributed by atoms with Crippen molar-refractivity contribution in [2.24, 2.45) is 0 Å². The van der Waals surface area contributed by atoms with Crippen LogP contribution in [-0.2, 0) is 22.1 Å². The Morgan fingerprint density at radius 3 is 0.800 bits per heavy atom. The van der Waals surface area contributed by atoms with Gasteiger partial charge >= 0.3 is 17.4 Å². The molecule has 0 aliphatic rings. The molecule has 94 valence electrons. The van der Waals surface area contributed by atoms with Gasteiger partial charge in [0, 0.05) is 42.1 Å². The molecule has 15 heavy (non-hydrogen) atoms. The van der Waals surface area contributed by atoms with Gasteiger partial charge in [-0.05, 0) is 13.1 Å². The van der Waals surface area contributed by atoms with Gasteiger partial charge in [-0.2, -0.15) is 0 Å². The molecule has 0 aromatic carbocycles. The van der Waals surface area contributed by atoms with E-state index in [4.69, 9.17) is 22.1 Å². The maximum Gasteiger partial charge on any atom is 0.496 e. The average molecular weight is 256 g/mol. The molecule has 0 saturated heterocycles. The predicted octanol–water partition coefficient (Wildman–Crippen LogP) is 1.48. The Kier molecular flexibility index (Phi) is 9.86. The highest BCUT2D eigenvalue weighted by Gasteiger charge is 2.29. The maximum atomic E-state index is 5.00. The van der Waals surface area contributed by atoms with Crippen molar-refractivity contribution in [1.82, 2.24) is 0 Å². The highest BCUT2D eigenvalue weighted by atomic mass is 28.4. The molecule has 0 bridgehead atoms. The van der Waals surface area contributed by atoms with E-state index in [9.17, 15) is 0 Å². The van der Waals surface area contributed by atoms with Crippen LogP contribution in [0.3, 0.4) is 0 Å². The smallest absolute Gasteiger partial charge is 0.398 e. The topological polar surface area (TPSA) is 46.2 Å². The summed E-state index contributed by atoms with van der Waals surface area (Å²) >= 11 is 0. The molecule has 0 N–H and O–H groups in total. The van der Waals surface area contributed by atoms with Gasteiger partial charge in [0.25, 0.3) is 0 Å². The predicted molar refractivity (Wildman–Crippen MR) is 64.1 cm³/mol. The first-order valence-electron chi connectivity index (χ1n) is 4.56. The minimum Gasteiger partial charge on any atom is -0.398 e. The van der Waals surface area contributed by atoms with Crippen LogP contribution >= 0.6 is 0 Å². The molecule has 0 aliphatic heterocycles. The maximum absolute atomic E-state index is 5.00. The van der Waals surface area contributed by atoms with Crippen molar-refractivity contribution in [2.75, 3.05) is 35.5 Å². The molecule has 0 spiro atoms. The van der Waals surface area contributed by atoms with E-state index in [1.165, 1.54) is 0 Å². The minimum atomic E-state index is -2.17. The lowest BCUT2D eigenvalue weighted by Gasteiger charge is -2.18. The first kappa shape index (κ1) is 17.6. The first-order valence-corrected chi connectivity index (χ1v) is 9.60. The zero-order chi connectivity index (χ0) is 12.5. The van der Waals surface area contributed by atoms with Gasteiger partial charge in [-0.3, -0.25) is 0 Å². The highest BCUT2D eigenvalue weighted by molar-refractivity contribution is 6.64. The van der Waals surface area contributed by atoms with E-state index < -0.39 is 17.4 Å². The quantitative estimate of drug-likeness (QED) is 0.697. The molecular weight excluding hydrogens is 232 g/mol. The van der Waals surface area contributed by atoms with Crippen molar-refractivity contribution < 1.29 is 22.1 Å². The Hall–Kier alpha value is 0.234. The van der Waals surface area contributed by atoms with Crippen LogP contribution in [0, 0.1) is 0 Å². The van der Waals surface area contributed by atoms with Gasteiger partial charge in [0.15, 0.2) is 0 Å². The zero-order valence-corrected chi connectivity index (χ0v) is 13.0. The van der Waals surface area contributed by atoms with Crippen molar-refractivity contribution in [2.45, 2.75) is 19.6 Å². The second-order valence-corrected chi connectivity index (χ2v) is 9.85. The molecule has 5 nitrogen and oxygen atoms in total. The third-order valence-electron chi connectivity index (χ3n) is 2.10. The number of rotatable bonds is 5. The molecule has 0 radical (unpaired) electrons. The molecule has 0 amide bonds. The Balaban J connectivity index is 0. The van der Waals surface area contributed by atoms with Crippen LogP contribution in [0.25, 0.3) is 0 Å². The Bertz CT molecular complexity index is 136. The van der Waals surface area contributed by atoms with Gasteiger partial charge < -0.3 is 22.1 Å². The fourth-order valence-corrected chi connectivity index (χ4v) is 1.00. The van der Waals surface area contributed by atoms with Crippen LogP contribution in [0.5, 0.6) is 0 Å². The van der Waals surface area contributed by atoms with Gasteiger partial charge in [0.1, 0.15) is 0 Å². The van der Waals surface area contributed by atoms with E-state index >= 15 is 0 Å². The molecule has 7 heteroatoms. The second-order valence-electron chi connectivity index (χ2n) is 3.28. The fourth-order valence-electron chi connectivity index (χ4n) is 0.333. The van der Waals surface area contributed by atoms with Gasteiger partial charge in [-0.15, -0.1) is 0 Å². The lowest BCUT2D eigenvalue weighted by Crippen LogP contribution is -2.38. The van der Waals surface area contributed by atoms with Gasteiger partial charge in [-0.1, -0.05) is 0 Å². The van der Waals surface area contributed by atoms with E-state index in [1.807, 2.05) is 19.6 Å². The van der Waals surface area contributed by atoms with Crippen molar-refractivity contribution >= 4 is 17.4 Å². The van der Waals surface area contributed by atoms with Gasteiger partial charge in [-0.25, -0.2) is 0 Å². The summed E-state index contributed by atoms with van der Waals surface area (Å²) in [5.41, 5.74) is 0.